The Morgan fingerprint density at radius 3 is 2.08 bits per heavy atom. The first-order chi connectivity index (χ1) is 6.42. The Bertz CT molecular complexity index is 181. The van der Waals surface area contributed by atoms with E-state index < -0.39 is 0 Å². The van der Waals surface area contributed by atoms with Crippen molar-refractivity contribution in [2.24, 2.45) is 11.8 Å². The van der Waals surface area contributed by atoms with E-state index in [0.717, 1.165) is 17.9 Å². The zero-order chi connectivity index (χ0) is 8.67. The number of nitrogens with one attached hydrogen (secondary N) is 1. The normalized spacial score (nSPS) is 29.3. The lowest BCUT2D eigenvalue weighted by molar-refractivity contribution is 0.179. The lowest BCUT2D eigenvalue weighted by Crippen LogP contribution is -2.49. The molecular formula is C11H20N2. The fourth-order valence-electron chi connectivity index (χ4n) is 2.25. The topological polar surface area (TPSA) is 15.3 Å². The van der Waals surface area contributed by atoms with Crippen molar-refractivity contribution >= 4 is 0 Å². The number of nitrogens with zero attached hydrogens (tertiary/aromatic N) is 1. The highest BCUT2D eigenvalue weighted by Crippen LogP contribution is 2.35. The Kier molecular flexibility index (Phi) is 2.06. The Labute approximate surface area is 80.7 Å². The smallest absolute Gasteiger partial charge is 0.00966 e. The molecule has 0 radical (unpaired) electrons. The van der Waals surface area contributed by atoms with Gasteiger partial charge in [0, 0.05) is 32.2 Å². The van der Waals surface area contributed by atoms with Crippen LogP contribution in [0.25, 0.3) is 0 Å². The fourth-order valence-corrected chi connectivity index (χ4v) is 2.25. The van der Waals surface area contributed by atoms with Gasteiger partial charge in [-0.1, -0.05) is 0 Å². The summed E-state index contributed by atoms with van der Waals surface area (Å²) in [7, 11) is 0. The highest BCUT2D eigenvalue weighted by molar-refractivity contribution is 4.91. The molecule has 0 aromatic carbocycles. The van der Waals surface area contributed by atoms with Crippen molar-refractivity contribution in [2.75, 3.05) is 26.2 Å². The van der Waals surface area contributed by atoms with Gasteiger partial charge >= 0.3 is 0 Å². The highest BCUT2D eigenvalue weighted by atomic mass is 15.2. The minimum Gasteiger partial charge on any atom is -0.316 e. The average molecular weight is 180 g/mol. The van der Waals surface area contributed by atoms with E-state index in [-0.39, 0.29) is 0 Å². The maximum atomic E-state index is 3.37. The van der Waals surface area contributed by atoms with Crippen molar-refractivity contribution in [2.45, 2.75) is 31.7 Å². The molecule has 2 aliphatic carbocycles. The number of hydrogen-bond donors (Lipinski definition) is 1. The molecule has 0 bridgehead atoms. The molecule has 0 atom stereocenters. The second kappa shape index (κ2) is 3.25. The van der Waals surface area contributed by atoms with E-state index >= 15 is 0 Å². The third kappa shape index (κ3) is 2.05. The van der Waals surface area contributed by atoms with Crippen LogP contribution >= 0.6 is 0 Å². The van der Waals surface area contributed by atoms with Crippen LogP contribution < -0.4 is 5.32 Å². The summed E-state index contributed by atoms with van der Waals surface area (Å²) >= 11 is 0. The Morgan fingerprint density at radius 1 is 0.923 bits per heavy atom. The lowest BCUT2D eigenvalue weighted by Gasteiger charge is -2.33. The maximum Gasteiger partial charge on any atom is 0.00966 e. The first-order valence-electron chi connectivity index (χ1n) is 5.86. The second-order valence-corrected chi connectivity index (χ2v) is 5.15. The molecule has 3 rings (SSSR count). The average Bonchev–Trinajstić information content (AvgIpc) is 2.82. The Balaban J connectivity index is 1.48. The molecule has 2 heteroatoms. The molecule has 0 aromatic heterocycles. The van der Waals surface area contributed by atoms with Crippen LogP contribution in [0.5, 0.6) is 0 Å². The molecule has 3 fully saturated rings. The first-order valence-corrected chi connectivity index (χ1v) is 5.86. The van der Waals surface area contributed by atoms with Crippen LogP contribution in [0.2, 0.25) is 0 Å². The van der Waals surface area contributed by atoms with E-state index in [0.29, 0.717) is 0 Å². The fraction of sp³-hybridized carbons (Fsp3) is 1.00. The molecule has 1 heterocycles. The minimum absolute atomic E-state index is 0.972. The molecule has 1 aliphatic heterocycles. The minimum atomic E-state index is 0.972. The molecule has 1 saturated heterocycles. The summed E-state index contributed by atoms with van der Waals surface area (Å²) in [5, 5.41) is 3.37. The van der Waals surface area contributed by atoms with Crippen LogP contribution in [0.4, 0.5) is 0 Å². The van der Waals surface area contributed by atoms with Crippen molar-refractivity contribution in [3.05, 3.63) is 0 Å². The highest BCUT2D eigenvalue weighted by Gasteiger charge is 2.35. The van der Waals surface area contributed by atoms with Crippen molar-refractivity contribution in [3.8, 4) is 0 Å². The summed E-state index contributed by atoms with van der Waals surface area (Å²) in [6.07, 6.45) is 5.97. The van der Waals surface area contributed by atoms with E-state index in [1.165, 1.54) is 51.9 Å². The van der Waals surface area contributed by atoms with E-state index in [1.807, 2.05) is 0 Å². The number of hydrogen-bond acceptors (Lipinski definition) is 2. The van der Waals surface area contributed by atoms with Crippen LogP contribution in [0.15, 0.2) is 0 Å². The van der Waals surface area contributed by atoms with E-state index in [2.05, 4.69) is 10.2 Å². The number of rotatable bonds is 5. The first kappa shape index (κ1) is 8.25. The molecule has 0 spiro atoms. The van der Waals surface area contributed by atoms with Crippen LogP contribution in [-0.4, -0.2) is 37.1 Å². The molecule has 2 saturated carbocycles. The monoisotopic (exact) mass is 180 g/mol. The molecule has 2 nitrogen and oxygen atoms in total. The molecule has 3 aliphatic rings. The third-order valence-electron chi connectivity index (χ3n) is 3.61. The van der Waals surface area contributed by atoms with Gasteiger partial charge in [0.05, 0.1) is 0 Å². The SMILES string of the molecule is C1CC1CN(CC1CNC1)C1CC1. The van der Waals surface area contributed by atoms with E-state index in [1.54, 1.807) is 0 Å². The zero-order valence-electron chi connectivity index (χ0n) is 8.34. The summed E-state index contributed by atoms with van der Waals surface area (Å²) in [6.45, 7) is 5.34. The van der Waals surface area contributed by atoms with Gasteiger partial charge in [-0.15, -0.1) is 0 Å². The predicted molar refractivity (Wildman–Crippen MR) is 53.7 cm³/mol. The molecule has 0 unspecified atom stereocenters. The zero-order valence-corrected chi connectivity index (χ0v) is 8.34. The second-order valence-electron chi connectivity index (χ2n) is 5.15. The van der Waals surface area contributed by atoms with Crippen LogP contribution in [0, 0.1) is 11.8 Å². The van der Waals surface area contributed by atoms with Gasteiger partial charge in [-0.2, -0.15) is 0 Å². The van der Waals surface area contributed by atoms with Crippen molar-refractivity contribution in [1.82, 2.24) is 10.2 Å². The van der Waals surface area contributed by atoms with Gasteiger partial charge in [0.2, 0.25) is 0 Å². The third-order valence-corrected chi connectivity index (χ3v) is 3.61. The van der Waals surface area contributed by atoms with Gasteiger partial charge in [-0.05, 0) is 37.5 Å². The molecule has 13 heavy (non-hydrogen) atoms. The van der Waals surface area contributed by atoms with Gasteiger partial charge in [0.1, 0.15) is 0 Å². The van der Waals surface area contributed by atoms with Gasteiger partial charge in [0.25, 0.3) is 0 Å². The predicted octanol–water partition coefficient (Wildman–Crippen LogP) is 1.08. The molecule has 74 valence electrons. The van der Waals surface area contributed by atoms with Crippen LogP contribution in [0.1, 0.15) is 25.7 Å². The quantitative estimate of drug-likeness (QED) is 0.681. The van der Waals surface area contributed by atoms with Crippen LogP contribution in [-0.2, 0) is 0 Å². The van der Waals surface area contributed by atoms with Gasteiger partial charge in [-0.25, -0.2) is 0 Å². The Morgan fingerprint density at radius 2 is 1.62 bits per heavy atom. The summed E-state index contributed by atoms with van der Waals surface area (Å²) < 4.78 is 0. The van der Waals surface area contributed by atoms with Crippen molar-refractivity contribution in [1.29, 1.82) is 0 Å². The lowest BCUT2D eigenvalue weighted by atomic mass is 10.0. The van der Waals surface area contributed by atoms with Gasteiger partial charge in [0.15, 0.2) is 0 Å². The van der Waals surface area contributed by atoms with Crippen molar-refractivity contribution < 1.29 is 0 Å². The molecular weight excluding hydrogens is 160 g/mol. The molecule has 0 aromatic rings. The Hall–Kier alpha value is -0.0800. The van der Waals surface area contributed by atoms with Crippen molar-refractivity contribution in [3.63, 3.8) is 0 Å². The summed E-state index contributed by atoms with van der Waals surface area (Å²) in [4.78, 5) is 2.78. The van der Waals surface area contributed by atoms with Gasteiger partial charge < -0.3 is 5.32 Å². The van der Waals surface area contributed by atoms with E-state index in [4.69, 9.17) is 0 Å². The van der Waals surface area contributed by atoms with Crippen LogP contribution in [0.3, 0.4) is 0 Å². The van der Waals surface area contributed by atoms with Gasteiger partial charge in [-0.3, -0.25) is 4.90 Å². The molecule has 0 amide bonds. The summed E-state index contributed by atoms with van der Waals surface area (Å²) in [5.41, 5.74) is 0. The standard InChI is InChI=1S/C11H20N2/c1-2-9(1)7-13(11-3-4-11)8-10-5-12-6-10/h9-12H,1-8H2. The van der Waals surface area contributed by atoms with E-state index in [9.17, 15) is 0 Å². The largest absolute Gasteiger partial charge is 0.316 e. The molecule has 1 N–H and O–H groups in total. The summed E-state index contributed by atoms with van der Waals surface area (Å²) in [6, 6.07) is 0.987. The summed E-state index contributed by atoms with van der Waals surface area (Å²) in [5.74, 6) is 2.05. The maximum absolute atomic E-state index is 3.37.